The van der Waals surface area contributed by atoms with Crippen LogP contribution in [0.2, 0.25) is 0 Å². The molecule has 0 spiro atoms. The lowest BCUT2D eigenvalue weighted by atomic mass is 10.0. The Balaban J connectivity index is 1.91. The molecule has 0 aliphatic heterocycles. The molecule has 0 unspecified atom stereocenters. The van der Waals surface area contributed by atoms with Crippen LogP contribution in [0.15, 0.2) is 101 Å². The van der Waals surface area contributed by atoms with E-state index in [2.05, 4.69) is 11.1 Å². The lowest BCUT2D eigenvalue weighted by molar-refractivity contribution is 1.04. The van der Waals surface area contributed by atoms with Crippen LogP contribution in [0.4, 0.5) is 0 Å². The van der Waals surface area contributed by atoms with Crippen molar-refractivity contribution in [3.63, 3.8) is 0 Å². The van der Waals surface area contributed by atoms with Gasteiger partial charge in [0.25, 0.3) is 0 Å². The molecular weight excluding hydrogens is 350 g/mol. The first-order valence-corrected chi connectivity index (χ1v) is 9.32. The third-order valence-corrected chi connectivity index (χ3v) is 5.01. The SMILES string of the molecule is N#Cc1nc(-c2ccccc2)c(-c2ccccc2)nc1Sc1ccccc1. The van der Waals surface area contributed by atoms with Crippen molar-refractivity contribution in [1.82, 2.24) is 9.97 Å². The van der Waals surface area contributed by atoms with Gasteiger partial charge in [0.05, 0.1) is 11.4 Å². The molecular formula is C23H15N3S. The monoisotopic (exact) mass is 365 g/mol. The normalized spacial score (nSPS) is 10.3. The van der Waals surface area contributed by atoms with Gasteiger partial charge in [-0.25, -0.2) is 9.97 Å². The van der Waals surface area contributed by atoms with Crippen LogP contribution in [-0.2, 0) is 0 Å². The van der Waals surface area contributed by atoms with Crippen LogP contribution < -0.4 is 0 Å². The highest BCUT2D eigenvalue weighted by atomic mass is 32.2. The highest BCUT2D eigenvalue weighted by Crippen LogP contribution is 2.34. The quantitative estimate of drug-likeness (QED) is 0.456. The number of aromatic nitrogens is 2. The van der Waals surface area contributed by atoms with Crippen molar-refractivity contribution in [3.05, 3.63) is 96.7 Å². The van der Waals surface area contributed by atoms with Crippen molar-refractivity contribution in [2.75, 3.05) is 0 Å². The van der Waals surface area contributed by atoms with Crippen LogP contribution in [0.1, 0.15) is 5.69 Å². The number of rotatable bonds is 4. The fourth-order valence-electron chi connectivity index (χ4n) is 2.76. The molecule has 27 heavy (non-hydrogen) atoms. The van der Waals surface area contributed by atoms with Gasteiger partial charge in [0, 0.05) is 16.0 Å². The van der Waals surface area contributed by atoms with Crippen molar-refractivity contribution in [2.45, 2.75) is 9.92 Å². The molecule has 4 heteroatoms. The molecule has 4 aromatic rings. The van der Waals surface area contributed by atoms with E-state index in [1.807, 2.05) is 91.0 Å². The first-order valence-electron chi connectivity index (χ1n) is 8.51. The fraction of sp³-hybridized carbons (Fsp3) is 0. The molecule has 4 rings (SSSR count). The van der Waals surface area contributed by atoms with Crippen LogP contribution in [0.25, 0.3) is 22.5 Å². The molecule has 0 amide bonds. The van der Waals surface area contributed by atoms with Crippen LogP contribution in [-0.4, -0.2) is 9.97 Å². The average molecular weight is 365 g/mol. The van der Waals surface area contributed by atoms with Gasteiger partial charge in [0.2, 0.25) is 0 Å². The van der Waals surface area contributed by atoms with Gasteiger partial charge >= 0.3 is 0 Å². The van der Waals surface area contributed by atoms with Gasteiger partial charge in [-0.15, -0.1) is 0 Å². The second-order valence-corrected chi connectivity index (χ2v) is 6.90. The predicted molar refractivity (Wildman–Crippen MR) is 108 cm³/mol. The molecule has 1 heterocycles. The lowest BCUT2D eigenvalue weighted by Gasteiger charge is -2.12. The zero-order valence-corrected chi connectivity index (χ0v) is 15.2. The molecule has 3 aromatic carbocycles. The van der Waals surface area contributed by atoms with Gasteiger partial charge in [-0.05, 0) is 12.1 Å². The van der Waals surface area contributed by atoms with E-state index >= 15 is 0 Å². The van der Waals surface area contributed by atoms with Gasteiger partial charge in [-0.1, -0.05) is 90.6 Å². The minimum Gasteiger partial charge on any atom is -0.236 e. The molecule has 3 nitrogen and oxygen atoms in total. The van der Waals surface area contributed by atoms with Crippen LogP contribution >= 0.6 is 11.8 Å². The second kappa shape index (κ2) is 7.86. The molecule has 0 aliphatic rings. The van der Waals surface area contributed by atoms with Crippen molar-refractivity contribution in [3.8, 4) is 28.6 Å². The Bertz CT molecular complexity index is 1090. The molecule has 0 radical (unpaired) electrons. The highest BCUT2D eigenvalue weighted by Gasteiger charge is 2.17. The van der Waals surface area contributed by atoms with E-state index in [9.17, 15) is 5.26 Å². The summed E-state index contributed by atoms with van der Waals surface area (Å²) >= 11 is 1.46. The molecule has 0 saturated carbocycles. The maximum atomic E-state index is 9.66. The van der Waals surface area contributed by atoms with Gasteiger partial charge < -0.3 is 0 Å². The Kier molecular flexibility index (Phi) is 4.95. The van der Waals surface area contributed by atoms with Gasteiger partial charge in [-0.2, -0.15) is 5.26 Å². The number of benzene rings is 3. The zero-order valence-electron chi connectivity index (χ0n) is 14.4. The highest BCUT2D eigenvalue weighted by molar-refractivity contribution is 7.99. The zero-order chi connectivity index (χ0) is 18.5. The lowest BCUT2D eigenvalue weighted by Crippen LogP contribution is -2.00. The van der Waals surface area contributed by atoms with E-state index in [0.29, 0.717) is 10.7 Å². The first-order chi connectivity index (χ1) is 13.3. The number of hydrogen-bond donors (Lipinski definition) is 0. The summed E-state index contributed by atoms with van der Waals surface area (Å²) in [5, 5.41) is 10.3. The summed E-state index contributed by atoms with van der Waals surface area (Å²) < 4.78 is 0. The molecule has 1 aromatic heterocycles. The van der Waals surface area contributed by atoms with E-state index < -0.39 is 0 Å². The van der Waals surface area contributed by atoms with Gasteiger partial charge in [-0.3, -0.25) is 0 Å². The summed E-state index contributed by atoms with van der Waals surface area (Å²) in [6.07, 6.45) is 0. The van der Waals surface area contributed by atoms with Crippen molar-refractivity contribution in [1.29, 1.82) is 5.26 Å². The minimum absolute atomic E-state index is 0.336. The summed E-state index contributed by atoms with van der Waals surface area (Å²) in [5.74, 6) is 0. The van der Waals surface area contributed by atoms with Crippen molar-refractivity contribution < 1.29 is 0 Å². The van der Waals surface area contributed by atoms with Crippen LogP contribution in [0.3, 0.4) is 0 Å². The summed E-state index contributed by atoms with van der Waals surface area (Å²) in [4.78, 5) is 10.6. The molecule has 0 atom stereocenters. The third-order valence-electron chi connectivity index (χ3n) is 4.02. The summed E-state index contributed by atoms with van der Waals surface area (Å²) in [5.41, 5.74) is 3.75. The van der Waals surface area contributed by atoms with E-state index in [4.69, 9.17) is 4.98 Å². The molecule has 0 fully saturated rings. The Morgan fingerprint density at radius 1 is 0.630 bits per heavy atom. The largest absolute Gasteiger partial charge is 0.236 e. The first kappa shape index (κ1) is 17.0. The van der Waals surface area contributed by atoms with E-state index in [1.54, 1.807) is 0 Å². The smallest absolute Gasteiger partial charge is 0.173 e. The fourth-order valence-corrected chi connectivity index (χ4v) is 3.60. The van der Waals surface area contributed by atoms with E-state index in [1.165, 1.54) is 11.8 Å². The molecule has 0 N–H and O–H groups in total. The Morgan fingerprint density at radius 2 is 1.11 bits per heavy atom. The second-order valence-electron chi connectivity index (χ2n) is 5.83. The topological polar surface area (TPSA) is 49.6 Å². The predicted octanol–water partition coefficient (Wildman–Crippen LogP) is 5.83. The standard InChI is InChI=1S/C23H15N3S/c24-16-20-23(27-19-14-8-3-9-15-19)26-22(18-12-6-2-7-13-18)21(25-20)17-10-4-1-5-11-17/h1-15H. The molecule has 0 aliphatic carbocycles. The summed E-state index contributed by atoms with van der Waals surface area (Å²) in [6, 6.07) is 31.9. The average Bonchev–Trinajstić information content (AvgIpc) is 2.75. The maximum absolute atomic E-state index is 9.66. The Labute approximate surface area is 162 Å². The number of hydrogen-bond acceptors (Lipinski definition) is 4. The van der Waals surface area contributed by atoms with E-state index in [-0.39, 0.29) is 0 Å². The van der Waals surface area contributed by atoms with Crippen LogP contribution in [0.5, 0.6) is 0 Å². The third kappa shape index (κ3) is 3.74. The molecule has 0 saturated heterocycles. The Morgan fingerprint density at radius 3 is 1.63 bits per heavy atom. The van der Waals surface area contributed by atoms with E-state index in [0.717, 1.165) is 27.4 Å². The molecule has 128 valence electrons. The van der Waals surface area contributed by atoms with Gasteiger partial charge in [0.15, 0.2) is 5.69 Å². The number of nitriles is 1. The number of nitrogens with zero attached hydrogens (tertiary/aromatic N) is 3. The van der Waals surface area contributed by atoms with Crippen molar-refractivity contribution >= 4 is 11.8 Å². The van der Waals surface area contributed by atoms with Crippen molar-refractivity contribution in [2.24, 2.45) is 0 Å². The molecule has 0 bridgehead atoms. The van der Waals surface area contributed by atoms with Gasteiger partial charge in [0.1, 0.15) is 11.1 Å². The summed E-state index contributed by atoms with van der Waals surface area (Å²) in [6.45, 7) is 0. The summed E-state index contributed by atoms with van der Waals surface area (Å²) in [7, 11) is 0. The van der Waals surface area contributed by atoms with Crippen LogP contribution in [0, 0.1) is 11.3 Å². The minimum atomic E-state index is 0.336. The maximum Gasteiger partial charge on any atom is 0.173 e. The Hall–Kier alpha value is -3.42.